The van der Waals surface area contributed by atoms with Crippen LogP contribution < -0.4 is 11.3 Å². The fraction of sp³-hybridized carbons (Fsp3) is 0.250. The topological polar surface area (TPSA) is 38.0 Å². The SMILES string of the molecule is Cc1cc(C(Cc2cc(F)ccc2Cl)NN)cc(C)c1Br. The summed E-state index contributed by atoms with van der Waals surface area (Å²) in [4.78, 5) is 0. The van der Waals surface area contributed by atoms with E-state index in [9.17, 15) is 4.39 Å². The lowest BCUT2D eigenvalue weighted by Gasteiger charge is -2.19. The molecule has 0 saturated carbocycles. The molecule has 3 N–H and O–H groups in total. The molecule has 112 valence electrons. The fourth-order valence-electron chi connectivity index (χ4n) is 2.37. The minimum absolute atomic E-state index is 0.130. The van der Waals surface area contributed by atoms with E-state index in [2.05, 4.69) is 33.5 Å². The monoisotopic (exact) mass is 370 g/mol. The second-order valence-electron chi connectivity index (χ2n) is 5.13. The van der Waals surface area contributed by atoms with Gasteiger partial charge in [-0.25, -0.2) is 4.39 Å². The molecule has 0 radical (unpaired) electrons. The molecular formula is C16H17BrClFN2. The molecule has 0 bridgehead atoms. The summed E-state index contributed by atoms with van der Waals surface area (Å²) in [5, 5.41) is 0.544. The smallest absolute Gasteiger partial charge is 0.123 e. The standard InChI is InChI=1S/C16H17BrClFN2/c1-9-5-12(6-10(2)16(9)17)15(21-20)8-11-7-13(19)3-4-14(11)18/h3-7,15,21H,8,20H2,1-2H3. The Morgan fingerprint density at radius 2 is 1.86 bits per heavy atom. The van der Waals surface area contributed by atoms with E-state index in [1.165, 1.54) is 12.1 Å². The van der Waals surface area contributed by atoms with Crippen LogP contribution in [0.1, 0.15) is 28.3 Å². The maximum atomic E-state index is 13.4. The number of benzene rings is 2. The third-order valence-corrected chi connectivity index (χ3v) is 5.11. The molecule has 0 aliphatic rings. The Morgan fingerprint density at radius 1 is 1.24 bits per heavy atom. The van der Waals surface area contributed by atoms with Crippen LogP contribution in [0.25, 0.3) is 0 Å². The van der Waals surface area contributed by atoms with Gasteiger partial charge in [-0.3, -0.25) is 11.3 Å². The first-order valence-corrected chi connectivity index (χ1v) is 7.76. The van der Waals surface area contributed by atoms with E-state index in [0.717, 1.165) is 26.7 Å². The largest absolute Gasteiger partial charge is 0.271 e. The summed E-state index contributed by atoms with van der Waals surface area (Å²) in [6.45, 7) is 4.06. The number of rotatable bonds is 4. The van der Waals surface area contributed by atoms with E-state index >= 15 is 0 Å². The van der Waals surface area contributed by atoms with E-state index in [1.54, 1.807) is 6.07 Å². The molecule has 2 nitrogen and oxygen atoms in total. The molecule has 0 aromatic heterocycles. The highest BCUT2D eigenvalue weighted by molar-refractivity contribution is 9.10. The van der Waals surface area contributed by atoms with Gasteiger partial charge in [0.1, 0.15) is 5.82 Å². The molecule has 2 aromatic carbocycles. The Balaban J connectivity index is 2.34. The average molecular weight is 372 g/mol. The molecule has 0 fully saturated rings. The quantitative estimate of drug-likeness (QED) is 0.608. The van der Waals surface area contributed by atoms with Crippen LogP contribution in [0.15, 0.2) is 34.8 Å². The number of nitrogens with one attached hydrogen (secondary N) is 1. The molecule has 21 heavy (non-hydrogen) atoms. The zero-order valence-corrected chi connectivity index (χ0v) is 14.2. The Hall–Kier alpha value is -0.940. The number of aryl methyl sites for hydroxylation is 2. The highest BCUT2D eigenvalue weighted by atomic mass is 79.9. The normalized spacial score (nSPS) is 12.5. The predicted octanol–water partition coefficient (Wildman–Crippen LogP) is 4.61. The molecule has 1 unspecified atom stereocenters. The van der Waals surface area contributed by atoms with Crippen molar-refractivity contribution >= 4 is 27.5 Å². The second-order valence-corrected chi connectivity index (χ2v) is 6.33. The van der Waals surface area contributed by atoms with Crippen molar-refractivity contribution in [3.63, 3.8) is 0 Å². The molecule has 0 aliphatic heterocycles. The first-order chi connectivity index (χ1) is 9.92. The van der Waals surface area contributed by atoms with Gasteiger partial charge >= 0.3 is 0 Å². The lowest BCUT2D eigenvalue weighted by atomic mass is 9.96. The summed E-state index contributed by atoms with van der Waals surface area (Å²) in [6, 6.07) is 8.37. The lowest BCUT2D eigenvalue weighted by molar-refractivity contribution is 0.548. The van der Waals surface area contributed by atoms with Crippen molar-refractivity contribution in [2.24, 2.45) is 5.84 Å². The van der Waals surface area contributed by atoms with Crippen molar-refractivity contribution in [2.75, 3.05) is 0 Å². The highest BCUT2D eigenvalue weighted by Gasteiger charge is 2.15. The third kappa shape index (κ3) is 3.83. The number of halogens is 3. The van der Waals surface area contributed by atoms with Crippen molar-refractivity contribution in [1.82, 2.24) is 5.43 Å². The summed E-state index contributed by atoms with van der Waals surface area (Å²) in [5.74, 6) is 5.38. The molecule has 0 amide bonds. The van der Waals surface area contributed by atoms with Crippen molar-refractivity contribution in [1.29, 1.82) is 0 Å². The molecule has 0 heterocycles. The Morgan fingerprint density at radius 3 is 2.43 bits per heavy atom. The molecule has 5 heteroatoms. The molecular weight excluding hydrogens is 355 g/mol. The van der Waals surface area contributed by atoms with E-state index in [-0.39, 0.29) is 11.9 Å². The fourth-order valence-corrected chi connectivity index (χ4v) is 2.80. The molecule has 0 aliphatic carbocycles. The predicted molar refractivity (Wildman–Crippen MR) is 88.8 cm³/mol. The van der Waals surface area contributed by atoms with Crippen molar-refractivity contribution in [3.8, 4) is 0 Å². The first kappa shape index (κ1) is 16.4. The van der Waals surface area contributed by atoms with Crippen molar-refractivity contribution in [2.45, 2.75) is 26.3 Å². The van der Waals surface area contributed by atoms with Gasteiger partial charge in [0.15, 0.2) is 0 Å². The van der Waals surface area contributed by atoms with Gasteiger partial charge in [0.05, 0.1) is 6.04 Å². The molecule has 1 atom stereocenters. The number of nitrogens with two attached hydrogens (primary N) is 1. The van der Waals surface area contributed by atoms with Crippen LogP contribution in [0.3, 0.4) is 0 Å². The molecule has 2 rings (SSSR count). The van der Waals surface area contributed by atoms with Crippen LogP contribution in [0.4, 0.5) is 4.39 Å². The lowest BCUT2D eigenvalue weighted by Crippen LogP contribution is -2.29. The van der Waals surface area contributed by atoms with Crippen molar-refractivity contribution < 1.29 is 4.39 Å². The van der Waals surface area contributed by atoms with Crippen LogP contribution >= 0.6 is 27.5 Å². The Labute approximate surface area is 137 Å². The average Bonchev–Trinajstić information content (AvgIpc) is 2.45. The first-order valence-electron chi connectivity index (χ1n) is 6.59. The van der Waals surface area contributed by atoms with Crippen LogP contribution in [0.2, 0.25) is 5.02 Å². The maximum Gasteiger partial charge on any atom is 0.123 e. The molecule has 0 saturated heterocycles. The zero-order chi connectivity index (χ0) is 15.6. The van der Waals surface area contributed by atoms with Crippen LogP contribution in [-0.4, -0.2) is 0 Å². The summed E-state index contributed by atoms with van der Waals surface area (Å²) in [5.41, 5.74) is 6.85. The van der Waals surface area contributed by atoms with E-state index in [1.807, 2.05) is 13.8 Å². The van der Waals surface area contributed by atoms with E-state index < -0.39 is 0 Å². The van der Waals surface area contributed by atoms with Gasteiger partial charge < -0.3 is 0 Å². The minimum atomic E-state index is -0.298. The van der Waals surface area contributed by atoms with Crippen LogP contribution in [-0.2, 0) is 6.42 Å². The van der Waals surface area contributed by atoms with E-state index in [4.69, 9.17) is 17.4 Å². The number of hydrogen-bond acceptors (Lipinski definition) is 2. The highest BCUT2D eigenvalue weighted by Crippen LogP contribution is 2.28. The van der Waals surface area contributed by atoms with Gasteiger partial charge in [-0.1, -0.05) is 39.7 Å². The van der Waals surface area contributed by atoms with Gasteiger partial charge in [-0.05, 0) is 60.7 Å². The van der Waals surface area contributed by atoms with Gasteiger partial charge in [0.25, 0.3) is 0 Å². The van der Waals surface area contributed by atoms with E-state index in [0.29, 0.717) is 11.4 Å². The summed E-state index contributed by atoms with van der Waals surface area (Å²) in [7, 11) is 0. The van der Waals surface area contributed by atoms with Crippen molar-refractivity contribution in [3.05, 3.63) is 67.9 Å². The minimum Gasteiger partial charge on any atom is -0.271 e. The van der Waals surface area contributed by atoms with Gasteiger partial charge in [0, 0.05) is 9.50 Å². The molecule has 2 aromatic rings. The molecule has 0 spiro atoms. The van der Waals surface area contributed by atoms with Gasteiger partial charge in [0.2, 0.25) is 0 Å². The maximum absolute atomic E-state index is 13.4. The van der Waals surface area contributed by atoms with Crippen LogP contribution in [0.5, 0.6) is 0 Å². The zero-order valence-electron chi connectivity index (χ0n) is 11.9. The summed E-state index contributed by atoms with van der Waals surface area (Å²) >= 11 is 9.68. The van der Waals surface area contributed by atoms with Gasteiger partial charge in [-0.15, -0.1) is 0 Å². The Kier molecular flexibility index (Phi) is 5.38. The number of hydrazine groups is 1. The van der Waals surface area contributed by atoms with Crippen LogP contribution in [0, 0.1) is 19.7 Å². The van der Waals surface area contributed by atoms with Gasteiger partial charge in [-0.2, -0.15) is 0 Å². The third-order valence-electron chi connectivity index (χ3n) is 3.49. The Bertz CT molecular complexity index is 638. The summed E-state index contributed by atoms with van der Waals surface area (Å²) in [6.07, 6.45) is 0.521. The summed E-state index contributed by atoms with van der Waals surface area (Å²) < 4.78 is 14.5. The second kappa shape index (κ2) is 6.88. The number of hydrogen-bond donors (Lipinski definition) is 2.